The summed E-state index contributed by atoms with van der Waals surface area (Å²) in [6, 6.07) is 2.01. The minimum absolute atomic E-state index is 0.160. The molecule has 0 radical (unpaired) electrons. The number of aliphatic hydroxyl groups is 1. The quantitative estimate of drug-likeness (QED) is 0.696. The maximum atomic E-state index is 9.39. The molecule has 0 amide bonds. The van der Waals surface area contributed by atoms with Gasteiger partial charge in [0.2, 0.25) is 0 Å². The Morgan fingerprint density at radius 3 is 3.08 bits per heavy atom. The third-order valence-electron chi connectivity index (χ3n) is 2.49. The number of rotatable bonds is 1. The van der Waals surface area contributed by atoms with Crippen molar-refractivity contribution in [1.29, 1.82) is 0 Å². The van der Waals surface area contributed by atoms with Gasteiger partial charge in [0.1, 0.15) is 0 Å². The van der Waals surface area contributed by atoms with Gasteiger partial charge in [0.15, 0.2) is 0 Å². The molecule has 1 saturated heterocycles. The smallest absolute Gasteiger partial charge is 0.0731 e. The fourth-order valence-electron chi connectivity index (χ4n) is 1.78. The lowest BCUT2D eigenvalue weighted by atomic mass is 10.2. The van der Waals surface area contributed by atoms with E-state index in [0.717, 1.165) is 19.5 Å². The molecule has 1 N–H and O–H groups in total. The highest BCUT2D eigenvalue weighted by molar-refractivity contribution is 5.52. The number of aromatic nitrogens is 1. The van der Waals surface area contributed by atoms with Crippen molar-refractivity contribution < 1.29 is 5.11 Å². The molecule has 2 rings (SSSR count). The van der Waals surface area contributed by atoms with Crippen LogP contribution >= 0.6 is 0 Å². The van der Waals surface area contributed by atoms with Gasteiger partial charge >= 0.3 is 0 Å². The Labute approximate surface area is 78.0 Å². The highest BCUT2D eigenvalue weighted by Gasteiger charge is 2.21. The van der Waals surface area contributed by atoms with Gasteiger partial charge in [-0.25, -0.2) is 0 Å². The standard InChI is InChI=1S/C10H14N2O/c1-8-6-11-4-2-10(8)12-5-3-9(13)7-12/h2,4,6,9,13H,3,5,7H2,1H3. The summed E-state index contributed by atoms with van der Waals surface area (Å²) in [7, 11) is 0. The second kappa shape index (κ2) is 3.34. The van der Waals surface area contributed by atoms with Crippen LogP contribution in [0, 0.1) is 6.92 Å². The third kappa shape index (κ3) is 1.65. The van der Waals surface area contributed by atoms with E-state index in [9.17, 15) is 5.11 Å². The third-order valence-corrected chi connectivity index (χ3v) is 2.49. The lowest BCUT2D eigenvalue weighted by Gasteiger charge is -2.19. The number of anilines is 1. The molecule has 1 aliphatic rings. The number of nitrogens with zero attached hydrogens (tertiary/aromatic N) is 2. The molecule has 1 aromatic heterocycles. The first-order valence-electron chi connectivity index (χ1n) is 4.61. The van der Waals surface area contributed by atoms with Gasteiger partial charge in [-0.1, -0.05) is 0 Å². The minimum Gasteiger partial charge on any atom is -0.391 e. The van der Waals surface area contributed by atoms with E-state index in [1.165, 1.54) is 11.3 Å². The molecule has 1 fully saturated rings. The lowest BCUT2D eigenvalue weighted by molar-refractivity contribution is 0.198. The van der Waals surface area contributed by atoms with Crippen LogP contribution in [0.1, 0.15) is 12.0 Å². The van der Waals surface area contributed by atoms with Crippen molar-refractivity contribution in [1.82, 2.24) is 4.98 Å². The average Bonchev–Trinajstić information content (AvgIpc) is 2.53. The highest BCUT2D eigenvalue weighted by Crippen LogP contribution is 2.22. The molecule has 0 bridgehead atoms. The monoisotopic (exact) mass is 178 g/mol. The van der Waals surface area contributed by atoms with Crippen molar-refractivity contribution in [2.24, 2.45) is 0 Å². The Balaban J connectivity index is 2.21. The van der Waals surface area contributed by atoms with Crippen molar-refractivity contribution in [3.63, 3.8) is 0 Å². The molecule has 3 heteroatoms. The molecular formula is C10H14N2O. The van der Waals surface area contributed by atoms with Gasteiger partial charge < -0.3 is 10.0 Å². The van der Waals surface area contributed by atoms with Crippen molar-refractivity contribution in [3.05, 3.63) is 24.0 Å². The number of hydrogen-bond donors (Lipinski definition) is 1. The normalized spacial score (nSPS) is 22.3. The van der Waals surface area contributed by atoms with Crippen LogP contribution in [-0.2, 0) is 0 Å². The summed E-state index contributed by atoms with van der Waals surface area (Å²) >= 11 is 0. The Kier molecular flexibility index (Phi) is 2.19. The maximum Gasteiger partial charge on any atom is 0.0731 e. The molecule has 2 heterocycles. The molecule has 0 saturated carbocycles. The SMILES string of the molecule is Cc1cnccc1N1CCC(O)C1. The second-order valence-electron chi connectivity index (χ2n) is 3.55. The molecule has 70 valence electrons. The fraction of sp³-hybridized carbons (Fsp3) is 0.500. The lowest BCUT2D eigenvalue weighted by Crippen LogP contribution is -2.21. The molecule has 3 nitrogen and oxygen atoms in total. The van der Waals surface area contributed by atoms with Crippen molar-refractivity contribution >= 4 is 5.69 Å². The van der Waals surface area contributed by atoms with E-state index in [-0.39, 0.29) is 6.10 Å². The first-order valence-corrected chi connectivity index (χ1v) is 4.61. The molecule has 1 aromatic rings. The zero-order chi connectivity index (χ0) is 9.26. The van der Waals surface area contributed by atoms with Crippen molar-refractivity contribution in [2.45, 2.75) is 19.4 Å². The number of pyridine rings is 1. The van der Waals surface area contributed by atoms with Crippen LogP contribution < -0.4 is 4.90 Å². The van der Waals surface area contributed by atoms with Crippen LogP contribution in [-0.4, -0.2) is 29.3 Å². The molecule has 0 spiro atoms. The fourth-order valence-corrected chi connectivity index (χ4v) is 1.78. The summed E-state index contributed by atoms with van der Waals surface area (Å²) in [4.78, 5) is 6.26. The van der Waals surface area contributed by atoms with E-state index in [4.69, 9.17) is 0 Å². The van der Waals surface area contributed by atoms with E-state index < -0.39 is 0 Å². The van der Waals surface area contributed by atoms with Crippen LogP contribution in [0.4, 0.5) is 5.69 Å². The zero-order valence-electron chi connectivity index (χ0n) is 7.77. The van der Waals surface area contributed by atoms with E-state index >= 15 is 0 Å². The number of β-amino-alcohol motifs (C(OH)–C–C–N with tert-alkyl or cyclic N) is 1. The number of aryl methyl sites for hydroxylation is 1. The summed E-state index contributed by atoms with van der Waals surface area (Å²) in [5, 5.41) is 9.39. The van der Waals surface area contributed by atoms with Crippen LogP contribution in [0.3, 0.4) is 0 Å². The van der Waals surface area contributed by atoms with Gasteiger partial charge in [-0.05, 0) is 25.0 Å². The Morgan fingerprint density at radius 2 is 2.46 bits per heavy atom. The van der Waals surface area contributed by atoms with Crippen LogP contribution in [0.15, 0.2) is 18.5 Å². The van der Waals surface area contributed by atoms with Gasteiger partial charge in [0.25, 0.3) is 0 Å². The number of aliphatic hydroxyl groups excluding tert-OH is 1. The summed E-state index contributed by atoms with van der Waals surface area (Å²) < 4.78 is 0. The summed E-state index contributed by atoms with van der Waals surface area (Å²) in [6.07, 6.45) is 4.38. The van der Waals surface area contributed by atoms with E-state index in [0.29, 0.717) is 0 Å². The molecule has 1 atom stereocenters. The van der Waals surface area contributed by atoms with Crippen LogP contribution in [0.2, 0.25) is 0 Å². The van der Waals surface area contributed by atoms with E-state index in [1.54, 1.807) is 6.20 Å². The van der Waals surface area contributed by atoms with Gasteiger partial charge in [-0.3, -0.25) is 4.98 Å². The molecule has 1 unspecified atom stereocenters. The Bertz CT molecular complexity index is 301. The van der Waals surface area contributed by atoms with Gasteiger partial charge in [-0.2, -0.15) is 0 Å². The van der Waals surface area contributed by atoms with E-state index in [1.807, 2.05) is 19.2 Å². The molecular weight excluding hydrogens is 164 g/mol. The minimum atomic E-state index is -0.160. The predicted molar refractivity (Wildman–Crippen MR) is 51.8 cm³/mol. The highest BCUT2D eigenvalue weighted by atomic mass is 16.3. The summed E-state index contributed by atoms with van der Waals surface area (Å²) in [5.74, 6) is 0. The maximum absolute atomic E-state index is 9.39. The summed E-state index contributed by atoms with van der Waals surface area (Å²) in [6.45, 7) is 3.75. The molecule has 13 heavy (non-hydrogen) atoms. The van der Waals surface area contributed by atoms with Crippen molar-refractivity contribution in [2.75, 3.05) is 18.0 Å². The largest absolute Gasteiger partial charge is 0.391 e. The molecule has 1 aliphatic heterocycles. The Hall–Kier alpha value is -1.09. The van der Waals surface area contributed by atoms with Gasteiger partial charge in [0, 0.05) is 31.2 Å². The second-order valence-corrected chi connectivity index (χ2v) is 3.55. The molecule has 0 aromatic carbocycles. The topological polar surface area (TPSA) is 36.4 Å². The van der Waals surface area contributed by atoms with E-state index in [2.05, 4.69) is 9.88 Å². The van der Waals surface area contributed by atoms with Gasteiger partial charge in [0.05, 0.1) is 6.10 Å². The Morgan fingerprint density at radius 1 is 1.62 bits per heavy atom. The van der Waals surface area contributed by atoms with Crippen molar-refractivity contribution in [3.8, 4) is 0 Å². The summed E-state index contributed by atoms with van der Waals surface area (Å²) in [5.41, 5.74) is 2.38. The van der Waals surface area contributed by atoms with Gasteiger partial charge in [-0.15, -0.1) is 0 Å². The predicted octanol–water partition coefficient (Wildman–Crippen LogP) is 0.961. The average molecular weight is 178 g/mol. The van der Waals surface area contributed by atoms with Crippen LogP contribution in [0.5, 0.6) is 0 Å². The number of hydrogen-bond acceptors (Lipinski definition) is 3. The first-order chi connectivity index (χ1) is 6.27. The molecule has 0 aliphatic carbocycles. The van der Waals surface area contributed by atoms with Crippen LogP contribution in [0.25, 0.3) is 0 Å². The first kappa shape index (κ1) is 8.51. The zero-order valence-corrected chi connectivity index (χ0v) is 7.77.